The third-order valence-corrected chi connectivity index (χ3v) is 6.67. The lowest BCUT2D eigenvalue weighted by Gasteiger charge is -2.20. The second-order valence-corrected chi connectivity index (χ2v) is 9.14. The van der Waals surface area contributed by atoms with E-state index in [0.29, 0.717) is 57.7 Å². The van der Waals surface area contributed by atoms with E-state index >= 15 is 0 Å². The van der Waals surface area contributed by atoms with E-state index in [9.17, 15) is 5.11 Å². The van der Waals surface area contributed by atoms with Crippen molar-refractivity contribution in [2.45, 2.75) is 52.4 Å². The molecule has 0 bridgehead atoms. The van der Waals surface area contributed by atoms with Gasteiger partial charge in [0.25, 0.3) is 0 Å². The Bertz CT molecular complexity index is 1130. The van der Waals surface area contributed by atoms with Gasteiger partial charge in [-0.05, 0) is 117 Å². The van der Waals surface area contributed by atoms with Crippen molar-refractivity contribution >= 4 is 0 Å². The van der Waals surface area contributed by atoms with Crippen molar-refractivity contribution in [2.24, 2.45) is 22.9 Å². The molecule has 0 fully saturated rings. The molecule has 8 heteroatoms. The Hall–Kier alpha value is -3.04. The molecule has 0 saturated heterocycles. The molecule has 200 valence electrons. The van der Waals surface area contributed by atoms with Gasteiger partial charge in [-0.2, -0.15) is 0 Å². The van der Waals surface area contributed by atoms with Crippen LogP contribution in [0, 0.1) is 0 Å². The highest BCUT2D eigenvalue weighted by Gasteiger charge is 2.21. The number of aromatic hydroxyl groups is 1. The van der Waals surface area contributed by atoms with E-state index in [1.165, 1.54) is 0 Å². The lowest BCUT2D eigenvalue weighted by molar-refractivity contribution is 0.414. The molecule has 0 aliphatic carbocycles. The number of nitrogens with two attached hydrogens (primary N) is 4. The van der Waals surface area contributed by atoms with E-state index in [2.05, 4.69) is 13.8 Å². The molecule has 8 nitrogen and oxygen atoms in total. The van der Waals surface area contributed by atoms with Crippen molar-refractivity contribution in [1.82, 2.24) is 9.97 Å². The van der Waals surface area contributed by atoms with Crippen LogP contribution in [0.15, 0.2) is 24.3 Å². The summed E-state index contributed by atoms with van der Waals surface area (Å²) in [6.07, 6.45) is 3.98. The molecule has 3 aromatic rings. The standard InChI is InChI=1S/C29H42N6O2/c1-4-24-27(22-14-20(8-12-32)28(36)21(15-22)9-13-33)25(5-2)35-29(34-24)26-18(6-10-30)16-23(37-3)17-19(26)7-11-31/h14-17,36H,4-13,30-33H2,1-3H3. The third kappa shape index (κ3) is 6.27. The highest BCUT2D eigenvalue weighted by atomic mass is 16.5. The number of hydrogen-bond donors (Lipinski definition) is 5. The van der Waals surface area contributed by atoms with Crippen molar-refractivity contribution < 1.29 is 9.84 Å². The van der Waals surface area contributed by atoms with E-state index in [1.54, 1.807) is 7.11 Å². The number of nitrogens with zero attached hydrogens (tertiary/aromatic N) is 2. The van der Waals surface area contributed by atoms with Crippen molar-refractivity contribution in [1.29, 1.82) is 0 Å². The summed E-state index contributed by atoms with van der Waals surface area (Å²) in [6, 6.07) is 8.09. The predicted molar refractivity (Wildman–Crippen MR) is 151 cm³/mol. The number of aryl methyl sites for hydroxylation is 2. The molecule has 9 N–H and O–H groups in total. The van der Waals surface area contributed by atoms with Crippen LogP contribution in [0.1, 0.15) is 47.5 Å². The van der Waals surface area contributed by atoms with Gasteiger partial charge in [-0.3, -0.25) is 0 Å². The summed E-state index contributed by atoms with van der Waals surface area (Å²) in [5.41, 5.74) is 32.3. The quantitative estimate of drug-likeness (QED) is 0.236. The summed E-state index contributed by atoms with van der Waals surface area (Å²) in [4.78, 5) is 10.2. The Balaban J connectivity index is 2.31. The zero-order chi connectivity index (χ0) is 26.9. The lowest BCUT2D eigenvalue weighted by Crippen LogP contribution is -2.12. The van der Waals surface area contributed by atoms with Gasteiger partial charge in [0.15, 0.2) is 5.82 Å². The maximum atomic E-state index is 10.8. The van der Waals surface area contributed by atoms with Crippen molar-refractivity contribution in [3.8, 4) is 34.0 Å². The number of ether oxygens (including phenoxy) is 1. The number of aromatic nitrogens is 2. The van der Waals surface area contributed by atoms with Crippen LogP contribution >= 0.6 is 0 Å². The van der Waals surface area contributed by atoms with Gasteiger partial charge in [0.05, 0.1) is 18.5 Å². The lowest BCUT2D eigenvalue weighted by atomic mass is 9.91. The SMILES string of the molecule is CCc1nc(-c2c(CCN)cc(OC)cc2CCN)nc(CC)c1-c1cc(CCN)c(O)c(CCN)c1. The number of rotatable bonds is 13. The molecule has 0 amide bonds. The van der Waals surface area contributed by atoms with Crippen LogP contribution in [-0.2, 0) is 38.5 Å². The molecule has 0 spiro atoms. The van der Waals surface area contributed by atoms with Crippen LogP contribution in [-0.4, -0.2) is 48.4 Å². The second-order valence-electron chi connectivity index (χ2n) is 9.14. The molecule has 0 atom stereocenters. The fourth-order valence-corrected chi connectivity index (χ4v) is 4.96. The Morgan fingerprint density at radius 3 is 1.49 bits per heavy atom. The van der Waals surface area contributed by atoms with Crippen LogP contribution in [0.4, 0.5) is 0 Å². The number of methoxy groups -OCH3 is 1. The maximum Gasteiger partial charge on any atom is 0.160 e. The zero-order valence-corrected chi connectivity index (χ0v) is 22.4. The van der Waals surface area contributed by atoms with E-state index < -0.39 is 0 Å². The van der Waals surface area contributed by atoms with Gasteiger partial charge in [-0.1, -0.05) is 13.8 Å². The van der Waals surface area contributed by atoms with Gasteiger partial charge >= 0.3 is 0 Å². The van der Waals surface area contributed by atoms with Gasteiger partial charge in [0.1, 0.15) is 11.5 Å². The molecule has 3 rings (SSSR count). The largest absolute Gasteiger partial charge is 0.507 e. The van der Waals surface area contributed by atoms with Crippen LogP contribution in [0.5, 0.6) is 11.5 Å². The average Bonchev–Trinajstić information content (AvgIpc) is 2.90. The van der Waals surface area contributed by atoms with E-state index in [1.807, 2.05) is 24.3 Å². The third-order valence-electron chi connectivity index (χ3n) is 6.67. The van der Waals surface area contributed by atoms with Crippen molar-refractivity contribution in [2.75, 3.05) is 33.3 Å². The van der Waals surface area contributed by atoms with Crippen LogP contribution in [0.25, 0.3) is 22.5 Å². The van der Waals surface area contributed by atoms with E-state index in [0.717, 1.165) is 68.9 Å². The molecular weight excluding hydrogens is 464 g/mol. The summed E-state index contributed by atoms with van der Waals surface area (Å²) in [5, 5.41) is 10.8. The van der Waals surface area contributed by atoms with Gasteiger partial charge < -0.3 is 32.8 Å². The van der Waals surface area contributed by atoms with E-state index in [-0.39, 0.29) is 5.75 Å². The molecule has 1 aromatic heterocycles. The molecule has 0 radical (unpaired) electrons. The fourth-order valence-electron chi connectivity index (χ4n) is 4.96. The molecule has 37 heavy (non-hydrogen) atoms. The maximum absolute atomic E-state index is 10.8. The average molecular weight is 507 g/mol. The number of benzene rings is 2. The highest BCUT2D eigenvalue weighted by Crippen LogP contribution is 2.37. The predicted octanol–water partition coefficient (Wildman–Crippen LogP) is 2.65. The first-order chi connectivity index (χ1) is 18.0. The summed E-state index contributed by atoms with van der Waals surface area (Å²) in [5.74, 6) is 1.75. The van der Waals surface area contributed by atoms with Gasteiger partial charge in [0.2, 0.25) is 0 Å². The van der Waals surface area contributed by atoms with Gasteiger partial charge in [0, 0.05) is 11.1 Å². The Morgan fingerprint density at radius 1 is 0.676 bits per heavy atom. The highest BCUT2D eigenvalue weighted by molar-refractivity contribution is 5.75. The molecule has 0 aliphatic rings. The normalized spacial score (nSPS) is 11.2. The summed E-state index contributed by atoms with van der Waals surface area (Å²) >= 11 is 0. The Labute approximate surface area is 220 Å². The number of phenols is 1. The van der Waals surface area contributed by atoms with Crippen LogP contribution in [0.2, 0.25) is 0 Å². The Kier molecular flexibility index (Phi) is 10.4. The Morgan fingerprint density at radius 2 is 1.11 bits per heavy atom. The van der Waals surface area contributed by atoms with Crippen molar-refractivity contribution in [3.05, 3.63) is 57.9 Å². The summed E-state index contributed by atoms with van der Waals surface area (Å²) in [6.45, 7) is 6.10. The number of phenolic OH excluding ortho intramolecular Hbond substituents is 1. The molecule has 0 unspecified atom stereocenters. The molecule has 0 aliphatic heterocycles. The minimum atomic E-state index is 0.282. The first kappa shape index (κ1) is 28.5. The number of hydrogen-bond acceptors (Lipinski definition) is 8. The molecule has 1 heterocycles. The first-order valence-corrected chi connectivity index (χ1v) is 13.2. The van der Waals surface area contributed by atoms with Crippen LogP contribution in [0.3, 0.4) is 0 Å². The second kappa shape index (κ2) is 13.5. The van der Waals surface area contributed by atoms with E-state index in [4.69, 9.17) is 37.6 Å². The minimum absolute atomic E-state index is 0.282. The zero-order valence-electron chi connectivity index (χ0n) is 22.4. The smallest absolute Gasteiger partial charge is 0.160 e. The van der Waals surface area contributed by atoms with Crippen LogP contribution < -0.4 is 27.7 Å². The monoisotopic (exact) mass is 506 g/mol. The summed E-state index contributed by atoms with van der Waals surface area (Å²) in [7, 11) is 1.67. The topological polar surface area (TPSA) is 159 Å². The van der Waals surface area contributed by atoms with Crippen molar-refractivity contribution in [3.63, 3.8) is 0 Å². The molecular formula is C29H42N6O2. The van der Waals surface area contributed by atoms with Gasteiger partial charge in [-0.25, -0.2) is 9.97 Å². The summed E-state index contributed by atoms with van der Waals surface area (Å²) < 4.78 is 5.56. The minimum Gasteiger partial charge on any atom is -0.507 e. The van der Waals surface area contributed by atoms with Gasteiger partial charge in [-0.15, -0.1) is 0 Å². The molecule has 0 saturated carbocycles. The first-order valence-electron chi connectivity index (χ1n) is 13.2. The fraction of sp³-hybridized carbons (Fsp3) is 0.448. The molecule has 2 aromatic carbocycles.